The van der Waals surface area contributed by atoms with Crippen molar-refractivity contribution >= 4 is 17.5 Å². The number of carbonyl (C=O) groups excluding carboxylic acids is 2. The Labute approximate surface area is 145 Å². The van der Waals surface area contributed by atoms with Crippen LogP contribution >= 0.6 is 0 Å². The molecular weight excluding hydrogens is 322 g/mol. The van der Waals surface area contributed by atoms with Gasteiger partial charge in [-0.1, -0.05) is 22.9 Å². The van der Waals surface area contributed by atoms with E-state index in [0.29, 0.717) is 18.9 Å². The van der Waals surface area contributed by atoms with Gasteiger partial charge in [-0.25, -0.2) is 0 Å². The maximum Gasteiger partial charge on any atom is 0.315 e. The van der Waals surface area contributed by atoms with E-state index in [1.54, 1.807) is 4.90 Å². The van der Waals surface area contributed by atoms with Crippen molar-refractivity contribution in [2.24, 2.45) is 0 Å². The van der Waals surface area contributed by atoms with Gasteiger partial charge in [0, 0.05) is 25.3 Å². The Balaban J connectivity index is 1.68. The Morgan fingerprint density at radius 1 is 1.36 bits per heavy atom. The van der Waals surface area contributed by atoms with Crippen LogP contribution in [-0.4, -0.2) is 53.0 Å². The minimum atomic E-state index is -0.424. The van der Waals surface area contributed by atoms with Crippen molar-refractivity contribution in [1.82, 2.24) is 20.4 Å². The monoisotopic (exact) mass is 343 g/mol. The topological polar surface area (TPSA) is 91.6 Å². The fourth-order valence-corrected chi connectivity index (χ4v) is 2.78. The SMILES string of the molecule is CNC(=O)c1nc(CN2CC(=O)N(c3ccc(C)cc3)CC2C)no1. The van der Waals surface area contributed by atoms with Crippen molar-refractivity contribution in [3.05, 3.63) is 41.5 Å². The summed E-state index contributed by atoms with van der Waals surface area (Å²) in [5, 5.41) is 6.24. The van der Waals surface area contributed by atoms with Crippen molar-refractivity contribution < 1.29 is 14.1 Å². The van der Waals surface area contributed by atoms with E-state index in [0.717, 1.165) is 11.3 Å². The molecule has 1 aromatic carbocycles. The number of rotatable bonds is 4. The number of hydrogen-bond acceptors (Lipinski definition) is 6. The highest BCUT2D eigenvalue weighted by molar-refractivity contribution is 5.95. The average molecular weight is 343 g/mol. The molecule has 1 aromatic heterocycles. The number of piperazine rings is 1. The molecule has 1 aliphatic rings. The van der Waals surface area contributed by atoms with E-state index in [4.69, 9.17) is 4.52 Å². The molecule has 0 bridgehead atoms. The molecule has 2 amide bonds. The largest absolute Gasteiger partial charge is 0.351 e. The molecule has 1 saturated heterocycles. The van der Waals surface area contributed by atoms with Gasteiger partial charge >= 0.3 is 11.8 Å². The Kier molecular flexibility index (Phi) is 4.80. The molecular formula is C17H21N5O3. The molecule has 132 valence electrons. The Bertz CT molecular complexity index is 771. The summed E-state index contributed by atoms with van der Waals surface area (Å²) in [6.07, 6.45) is 0. The maximum absolute atomic E-state index is 12.5. The van der Waals surface area contributed by atoms with Gasteiger partial charge in [0.2, 0.25) is 5.91 Å². The lowest BCUT2D eigenvalue weighted by atomic mass is 10.1. The molecule has 1 unspecified atom stereocenters. The number of nitrogens with one attached hydrogen (secondary N) is 1. The van der Waals surface area contributed by atoms with Crippen LogP contribution in [-0.2, 0) is 11.3 Å². The molecule has 3 rings (SSSR count). The molecule has 2 aromatic rings. The first-order valence-corrected chi connectivity index (χ1v) is 8.13. The second kappa shape index (κ2) is 7.02. The van der Waals surface area contributed by atoms with Crippen LogP contribution in [0.15, 0.2) is 28.8 Å². The van der Waals surface area contributed by atoms with Crippen LogP contribution in [0, 0.1) is 6.92 Å². The van der Waals surface area contributed by atoms with Gasteiger partial charge in [0.1, 0.15) is 0 Å². The Morgan fingerprint density at radius 3 is 2.76 bits per heavy atom. The highest BCUT2D eigenvalue weighted by Crippen LogP contribution is 2.21. The van der Waals surface area contributed by atoms with Crippen LogP contribution in [0.5, 0.6) is 0 Å². The molecule has 0 spiro atoms. The smallest absolute Gasteiger partial charge is 0.315 e. The molecule has 25 heavy (non-hydrogen) atoms. The van der Waals surface area contributed by atoms with Gasteiger partial charge in [-0.15, -0.1) is 0 Å². The third-order valence-electron chi connectivity index (χ3n) is 4.29. The maximum atomic E-state index is 12.5. The predicted octanol–water partition coefficient (Wildman–Crippen LogP) is 0.975. The first kappa shape index (κ1) is 17.1. The van der Waals surface area contributed by atoms with Crippen LogP contribution in [0.4, 0.5) is 5.69 Å². The van der Waals surface area contributed by atoms with Gasteiger partial charge in [0.15, 0.2) is 5.82 Å². The summed E-state index contributed by atoms with van der Waals surface area (Å²) < 4.78 is 4.93. The number of anilines is 1. The van der Waals surface area contributed by atoms with E-state index in [1.165, 1.54) is 7.05 Å². The lowest BCUT2D eigenvalue weighted by Gasteiger charge is -2.38. The molecule has 1 N–H and O–H groups in total. The van der Waals surface area contributed by atoms with Gasteiger partial charge < -0.3 is 14.7 Å². The molecule has 0 aliphatic carbocycles. The van der Waals surface area contributed by atoms with Gasteiger partial charge in [0.05, 0.1) is 13.1 Å². The van der Waals surface area contributed by atoms with E-state index < -0.39 is 5.91 Å². The molecule has 2 heterocycles. The molecule has 8 heteroatoms. The lowest BCUT2D eigenvalue weighted by Crippen LogP contribution is -2.55. The van der Waals surface area contributed by atoms with Crippen LogP contribution in [0.2, 0.25) is 0 Å². The lowest BCUT2D eigenvalue weighted by molar-refractivity contribution is -0.122. The minimum Gasteiger partial charge on any atom is -0.351 e. The van der Waals surface area contributed by atoms with Crippen molar-refractivity contribution in [2.45, 2.75) is 26.4 Å². The first-order valence-electron chi connectivity index (χ1n) is 8.13. The summed E-state index contributed by atoms with van der Waals surface area (Å²) in [7, 11) is 1.50. The van der Waals surface area contributed by atoms with E-state index in [9.17, 15) is 9.59 Å². The summed E-state index contributed by atoms with van der Waals surface area (Å²) in [6, 6.07) is 8.05. The normalized spacial score (nSPS) is 18.4. The number of hydrogen-bond donors (Lipinski definition) is 1. The Hall–Kier alpha value is -2.74. The summed E-state index contributed by atoms with van der Waals surface area (Å²) in [5.41, 5.74) is 2.07. The summed E-state index contributed by atoms with van der Waals surface area (Å²) in [4.78, 5) is 31.9. The zero-order valence-electron chi connectivity index (χ0n) is 14.5. The standard InChI is InChI=1S/C17H21N5O3/c1-11-4-6-13(7-5-11)22-8-12(2)21(10-15(22)23)9-14-19-17(25-20-14)16(24)18-3/h4-7,12H,8-10H2,1-3H3,(H,18,24). The van der Waals surface area contributed by atoms with Crippen molar-refractivity contribution in [3.63, 3.8) is 0 Å². The third-order valence-corrected chi connectivity index (χ3v) is 4.29. The van der Waals surface area contributed by atoms with Gasteiger partial charge in [0.25, 0.3) is 0 Å². The summed E-state index contributed by atoms with van der Waals surface area (Å²) in [6.45, 7) is 5.27. The second-order valence-corrected chi connectivity index (χ2v) is 6.19. The highest BCUT2D eigenvalue weighted by atomic mass is 16.5. The fourth-order valence-electron chi connectivity index (χ4n) is 2.78. The molecule has 1 fully saturated rings. The number of aromatic nitrogens is 2. The van der Waals surface area contributed by atoms with Crippen LogP contribution in [0.1, 0.15) is 29.0 Å². The highest BCUT2D eigenvalue weighted by Gasteiger charge is 2.31. The van der Waals surface area contributed by atoms with E-state index in [1.807, 2.05) is 43.0 Å². The number of nitrogens with zero attached hydrogens (tertiary/aromatic N) is 4. The van der Waals surface area contributed by atoms with Crippen LogP contribution in [0.25, 0.3) is 0 Å². The zero-order chi connectivity index (χ0) is 18.0. The number of amides is 2. The summed E-state index contributed by atoms with van der Waals surface area (Å²) in [5.74, 6) is -0.0826. The first-order chi connectivity index (χ1) is 12.0. The van der Waals surface area contributed by atoms with Crippen molar-refractivity contribution in [1.29, 1.82) is 0 Å². The second-order valence-electron chi connectivity index (χ2n) is 6.19. The van der Waals surface area contributed by atoms with E-state index in [2.05, 4.69) is 15.5 Å². The molecule has 0 radical (unpaired) electrons. The number of aryl methyl sites for hydroxylation is 1. The molecule has 1 atom stereocenters. The quantitative estimate of drug-likeness (QED) is 0.890. The van der Waals surface area contributed by atoms with Crippen molar-refractivity contribution in [3.8, 4) is 0 Å². The molecule has 8 nitrogen and oxygen atoms in total. The van der Waals surface area contributed by atoms with Gasteiger partial charge in [-0.2, -0.15) is 4.98 Å². The van der Waals surface area contributed by atoms with Crippen LogP contribution < -0.4 is 10.2 Å². The number of benzene rings is 1. The van der Waals surface area contributed by atoms with E-state index in [-0.39, 0.29) is 24.4 Å². The van der Waals surface area contributed by atoms with Crippen LogP contribution in [0.3, 0.4) is 0 Å². The number of carbonyl (C=O) groups is 2. The summed E-state index contributed by atoms with van der Waals surface area (Å²) >= 11 is 0. The van der Waals surface area contributed by atoms with Gasteiger partial charge in [-0.05, 0) is 26.0 Å². The molecule has 1 aliphatic heterocycles. The average Bonchev–Trinajstić information content (AvgIpc) is 3.06. The zero-order valence-corrected chi connectivity index (χ0v) is 14.5. The fraction of sp³-hybridized carbons (Fsp3) is 0.412. The predicted molar refractivity (Wildman–Crippen MR) is 91.1 cm³/mol. The minimum absolute atomic E-state index is 0.0250. The third kappa shape index (κ3) is 3.69. The Morgan fingerprint density at radius 2 is 2.08 bits per heavy atom. The van der Waals surface area contributed by atoms with Gasteiger partial charge in [-0.3, -0.25) is 14.5 Å². The van der Waals surface area contributed by atoms with Crippen molar-refractivity contribution in [2.75, 3.05) is 25.0 Å². The van der Waals surface area contributed by atoms with E-state index >= 15 is 0 Å². The molecule has 0 saturated carbocycles.